The van der Waals surface area contributed by atoms with Crippen molar-refractivity contribution in [3.8, 4) is 0 Å². The first kappa shape index (κ1) is 13.3. The fourth-order valence-electron chi connectivity index (χ4n) is 3.12. The smallest absolute Gasteiger partial charge is 0.0678 e. The lowest BCUT2D eigenvalue weighted by molar-refractivity contribution is -0.0777. The van der Waals surface area contributed by atoms with Crippen LogP contribution in [0.5, 0.6) is 0 Å². The van der Waals surface area contributed by atoms with Crippen LogP contribution >= 0.6 is 0 Å². The van der Waals surface area contributed by atoms with Gasteiger partial charge >= 0.3 is 0 Å². The topological polar surface area (TPSA) is 44.7 Å². The van der Waals surface area contributed by atoms with Gasteiger partial charge in [0.05, 0.1) is 24.4 Å². The van der Waals surface area contributed by atoms with Gasteiger partial charge in [0, 0.05) is 19.6 Å². The lowest BCUT2D eigenvalue weighted by Gasteiger charge is -2.42. The van der Waals surface area contributed by atoms with E-state index in [9.17, 15) is 5.11 Å². The molecule has 3 unspecified atom stereocenters. The Morgan fingerprint density at radius 1 is 1.29 bits per heavy atom. The van der Waals surface area contributed by atoms with Crippen molar-refractivity contribution in [2.24, 2.45) is 5.92 Å². The van der Waals surface area contributed by atoms with E-state index in [1.54, 1.807) is 0 Å². The number of nitrogens with zero attached hydrogens (tertiary/aromatic N) is 1. The second-order valence-corrected chi connectivity index (χ2v) is 5.79. The highest BCUT2D eigenvalue weighted by Gasteiger charge is 2.45. The summed E-state index contributed by atoms with van der Waals surface area (Å²) in [5, 5.41) is 13.1. The molecule has 0 amide bonds. The molecule has 0 aromatic rings. The molecule has 1 saturated heterocycles. The van der Waals surface area contributed by atoms with Crippen molar-refractivity contribution < 1.29 is 9.84 Å². The highest BCUT2D eigenvalue weighted by atomic mass is 16.5. The molecule has 4 nitrogen and oxygen atoms in total. The predicted octanol–water partition coefficient (Wildman–Crippen LogP) is 0.456. The van der Waals surface area contributed by atoms with Crippen LogP contribution < -0.4 is 5.32 Å². The van der Waals surface area contributed by atoms with Crippen LogP contribution in [0, 0.1) is 5.92 Å². The van der Waals surface area contributed by atoms with Crippen LogP contribution in [0.3, 0.4) is 0 Å². The molecule has 0 aromatic carbocycles. The van der Waals surface area contributed by atoms with Gasteiger partial charge in [-0.1, -0.05) is 0 Å². The van der Waals surface area contributed by atoms with Gasteiger partial charge in [-0.05, 0) is 39.7 Å². The van der Waals surface area contributed by atoms with E-state index in [1.807, 2.05) is 7.05 Å². The molecule has 2 aliphatic rings. The van der Waals surface area contributed by atoms with E-state index >= 15 is 0 Å². The first-order valence-electron chi connectivity index (χ1n) is 6.77. The molecule has 17 heavy (non-hydrogen) atoms. The third-order valence-corrected chi connectivity index (χ3v) is 4.14. The van der Waals surface area contributed by atoms with E-state index in [-0.39, 0.29) is 12.1 Å². The molecule has 0 bridgehead atoms. The Kier molecular flexibility index (Phi) is 4.08. The van der Waals surface area contributed by atoms with E-state index in [4.69, 9.17) is 4.74 Å². The zero-order valence-electron chi connectivity index (χ0n) is 11.3. The van der Waals surface area contributed by atoms with Crippen molar-refractivity contribution >= 4 is 0 Å². The van der Waals surface area contributed by atoms with Crippen LogP contribution in [0.1, 0.15) is 26.7 Å². The number of nitrogens with one attached hydrogen (secondary N) is 1. The maximum atomic E-state index is 9.73. The molecule has 0 radical (unpaired) electrons. The summed E-state index contributed by atoms with van der Waals surface area (Å²) in [7, 11) is 1.97. The zero-order chi connectivity index (χ0) is 12.5. The van der Waals surface area contributed by atoms with Crippen LogP contribution in [0.4, 0.5) is 0 Å². The van der Waals surface area contributed by atoms with Gasteiger partial charge in [0.15, 0.2) is 0 Å². The van der Waals surface area contributed by atoms with Crippen molar-refractivity contribution in [1.29, 1.82) is 0 Å². The average molecular weight is 242 g/mol. The molecule has 1 saturated carbocycles. The summed E-state index contributed by atoms with van der Waals surface area (Å²) in [6, 6.07) is 0. The Labute approximate surface area is 104 Å². The number of rotatable bonds is 5. The van der Waals surface area contributed by atoms with Gasteiger partial charge in [-0.3, -0.25) is 4.90 Å². The number of ether oxygens (including phenoxy) is 1. The minimum Gasteiger partial charge on any atom is -0.394 e. The fourth-order valence-corrected chi connectivity index (χ4v) is 3.12. The van der Waals surface area contributed by atoms with Crippen molar-refractivity contribution in [2.45, 2.75) is 44.4 Å². The Bertz CT molecular complexity index is 242. The molecular formula is C13H26N2O2. The number of aliphatic hydroxyl groups is 1. The first-order valence-corrected chi connectivity index (χ1v) is 6.77. The van der Waals surface area contributed by atoms with E-state index in [0.717, 1.165) is 19.6 Å². The van der Waals surface area contributed by atoms with Gasteiger partial charge < -0.3 is 15.2 Å². The Hall–Kier alpha value is -0.160. The van der Waals surface area contributed by atoms with Gasteiger partial charge in [-0.2, -0.15) is 0 Å². The third-order valence-electron chi connectivity index (χ3n) is 4.14. The van der Waals surface area contributed by atoms with Crippen LogP contribution in [-0.4, -0.2) is 61.0 Å². The summed E-state index contributed by atoms with van der Waals surface area (Å²) in [5.74, 6) is 0.644. The number of hydrogen-bond donors (Lipinski definition) is 2. The normalized spacial score (nSPS) is 34.6. The second kappa shape index (κ2) is 5.22. The molecule has 0 aromatic heterocycles. The van der Waals surface area contributed by atoms with Crippen LogP contribution in [0.15, 0.2) is 0 Å². The molecule has 1 heterocycles. The van der Waals surface area contributed by atoms with Gasteiger partial charge in [-0.25, -0.2) is 0 Å². The first-order chi connectivity index (χ1) is 8.09. The molecule has 2 N–H and O–H groups in total. The summed E-state index contributed by atoms with van der Waals surface area (Å²) in [5.41, 5.74) is -0.100. The lowest BCUT2D eigenvalue weighted by Crippen LogP contribution is -2.59. The van der Waals surface area contributed by atoms with Crippen LogP contribution in [0.2, 0.25) is 0 Å². The predicted molar refractivity (Wildman–Crippen MR) is 68.0 cm³/mol. The number of aliphatic hydroxyl groups excluding tert-OH is 1. The summed E-state index contributed by atoms with van der Waals surface area (Å²) < 4.78 is 5.75. The third kappa shape index (κ3) is 2.99. The molecule has 3 atom stereocenters. The molecular weight excluding hydrogens is 216 g/mol. The lowest BCUT2D eigenvalue weighted by atomic mass is 9.93. The maximum Gasteiger partial charge on any atom is 0.0678 e. The van der Waals surface area contributed by atoms with Crippen molar-refractivity contribution in [3.05, 3.63) is 0 Å². The molecule has 4 heteroatoms. The molecule has 1 aliphatic heterocycles. The van der Waals surface area contributed by atoms with E-state index < -0.39 is 0 Å². The Morgan fingerprint density at radius 3 is 2.29 bits per heavy atom. The average Bonchev–Trinajstić information content (AvgIpc) is 3.09. The number of morpholine rings is 1. The fraction of sp³-hybridized carbons (Fsp3) is 1.00. The van der Waals surface area contributed by atoms with Gasteiger partial charge in [0.2, 0.25) is 0 Å². The number of likely N-dealkylation sites (N-methyl/N-ethyl adjacent to an activating group) is 1. The SMILES string of the molecule is CNC(CO)(CN1CC(C)OC(C)C1)C1CC1. The largest absolute Gasteiger partial charge is 0.394 e. The molecule has 0 spiro atoms. The van der Waals surface area contributed by atoms with E-state index in [2.05, 4.69) is 24.1 Å². The van der Waals surface area contributed by atoms with Crippen molar-refractivity contribution in [2.75, 3.05) is 33.3 Å². The molecule has 2 fully saturated rings. The summed E-state index contributed by atoms with van der Waals surface area (Å²) >= 11 is 0. The van der Waals surface area contributed by atoms with Crippen LogP contribution in [-0.2, 0) is 4.74 Å². The summed E-state index contributed by atoms with van der Waals surface area (Å²) in [6.45, 7) is 7.36. The Balaban J connectivity index is 1.97. The number of hydrogen-bond acceptors (Lipinski definition) is 4. The van der Waals surface area contributed by atoms with E-state index in [0.29, 0.717) is 18.1 Å². The minimum absolute atomic E-state index is 0.100. The summed E-state index contributed by atoms with van der Waals surface area (Å²) in [4.78, 5) is 2.43. The van der Waals surface area contributed by atoms with Crippen molar-refractivity contribution in [3.63, 3.8) is 0 Å². The van der Waals surface area contributed by atoms with Gasteiger partial charge in [0.1, 0.15) is 0 Å². The van der Waals surface area contributed by atoms with Crippen LogP contribution in [0.25, 0.3) is 0 Å². The second-order valence-electron chi connectivity index (χ2n) is 5.79. The standard InChI is InChI=1S/C13H26N2O2/c1-10-6-15(7-11(2)17-10)8-13(9-16,14-3)12-4-5-12/h10-12,14,16H,4-9H2,1-3H3. The molecule has 100 valence electrons. The molecule has 1 aliphatic carbocycles. The maximum absolute atomic E-state index is 9.73. The molecule has 2 rings (SSSR count). The highest BCUT2D eigenvalue weighted by molar-refractivity contribution is 5.02. The zero-order valence-corrected chi connectivity index (χ0v) is 11.3. The quantitative estimate of drug-likeness (QED) is 0.735. The van der Waals surface area contributed by atoms with Gasteiger partial charge in [0.25, 0.3) is 0 Å². The summed E-state index contributed by atoms with van der Waals surface area (Å²) in [6.07, 6.45) is 3.09. The van der Waals surface area contributed by atoms with E-state index in [1.165, 1.54) is 12.8 Å². The van der Waals surface area contributed by atoms with Crippen molar-refractivity contribution in [1.82, 2.24) is 10.2 Å². The highest BCUT2D eigenvalue weighted by Crippen LogP contribution is 2.40. The monoisotopic (exact) mass is 242 g/mol. The van der Waals surface area contributed by atoms with Gasteiger partial charge in [-0.15, -0.1) is 0 Å². The minimum atomic E-state index is -0.100. The Morgan fingerprint density at radius 2 is 1.88 bits per heavy atom.